The van der Waals surface area contributed by atoms with Gasteiger partial charge in [0.15, 0.2) is 11.4 Å². The molecule has 4 N–H and O–H groups in total. The first-order valence-electron chi connectivity index (χ1n) is 9.71. The zero-order chi connectivity index (χ0) is 24.2. The van der Waals surface area contributed by atoms with Gasteiger partial charge in [0, 0.05) is 18.3 Å². The summed E-state index contributed by atoms with van der Waals surface area (Å²) in [6.45, 7) is 8.24. The molecule has 0 bridgehead atoms. The maximum absolute atomic E-state index is 13.7. The van der Waals surface area contributed by atoms with Gasteiger partial charge < -0.3 is 15.8 Å². The summed E-state index contributed by atoms with van der Waals surface area (Å²) in [4.78, 5) is 15.8. The van der Waals surface area contributed by atoms with Crippen molar-refractivity contribution < 1.29 is 26.9 Å². The van der Waals surface area contributed by atoms with E-state index in [1.165, 1.54) is 6.07 Å². The van der Waals surface area contributed by atoms with E-state index in [2.05, 4.69) is 10.3 Å². The number of pyridine rings is 1. The fourth-order valence-electron chi connectivity index (χ4n) is 3.24. The van der Waals surface area contributed by atoms with E-state index >= 15 is 0 Å². The molecule has 174 valence electrons. The Bertz CT molecular complexity index is 1250. The number of benzene rings is 1. The molecule has 11 heteroatoms. The van der Waals surface area contributed by atoms with Crippen molar-refractivity contribution in [2.75, 3.05) is 11.6 Å². The van der Waals surface area contributed by atoms with E-state index in [0.717, 1.165) is 40.1 Å². The maximum Gasteiger partial charge on any atom is 0.410 e. The molecule has 0 aliphatic heterocycles. The smallest absolute Gasteiger partial charge is 0.409 e. The number of amides is 1. The molecule has 1 aromatic carbocycles. The molecule has 3 rings (SSSR count). The number of fused-ring (bicyclic) bond motifs is 1. The van der Waals surface area contributed by atoms with Gasteiger partial charge in [0.2, 0.25) is 0 Å². The van der Waals surface area contributed by atoms with Gasteiger partial charge >= 0.3 is 6.09 Å². The third kappa shape index (κ3) is 6.66. The fraction of sp³-hybridized carbons (Fsp3) is 0.333. The molecule has 0 atom stereocenters. The van der Waals surface area contributed by atoms with Crippen molar-refractivity contribution in [3.05, 3.63) is 58.3 Å². The Kier molecular flexibility index (Phi) is 7.81. The van der Waals surface area contributed by atoms with E-state index in [4.69, 9.17) is 15.0 Å². The Morgan fingerprint density at radius 3 is 2.47 bits per heavy atom. The summed E-state index contributed by atoms with van der Waals surface area (Å²) in [7, 11) is -3.67. The van der Waals surface area contributed by atoms with E-state index in [9.17, 15) is 17.6 Å². The fourth-order valence-corrected chi connectivity index (χ4v) is 3.24. The van der Waals surface area contributed by atoms with Gasteiger partial charge in [-0.2, -0.15) is 8.42 Å². The van der Waals surface area contributed by atoms with Gasteiger partial charge in [-0.15, -0.1) is 0 Å². The quantitative estimate of drug-likeness (QED) is 0.489. The van der Waals surface area contributed by atoms with Gasteiger partial charge in [-0.25, -0.2) is 14.2 Å². The summed E-state index contributed by atoms with van der Waals surface area (Å²) in [5.74, 6) is 0.0939. The van der Waals surface area contributed by atoms with Gasteiger partial charge in [0.25, 0.3) is 10.1 Å². The van der Waals surface area contributed by atoms with E-state index in [1.54, 1.807) is 18.3 Å². The number of nitrogens with zero attached hydrogens (tertiary/aromatic N) is 2. The summed E-state index contributed by atoms with van der Waals surface area (Å²) in [6, 6.07) is 4.79. The number of aryl methyl sites for hydroxylation is 4. The molecule has 3 aromatic rings. The van der Waals surface area contributed by atoms with Crippen molar-refractivity contribution >= 4 is 27.5 Å². The minimum absolute atomic E-state index is 0.230. The Labute approximate surface area is 186 Å². The van der Waals surface area contributed by atoms with Crippen LogP contribution in [-0.4, -0.2) is 34.7 Å². The molecule has 2 aromatic heterocycles. The second-order valence-corrected chi connectivity index (χ2v) is 8.75. The SMILES string of the molecule is CCc1cc(F)cc(C)c1CNc1cc(OC(N)=O)cn2c(C)c(C)nc12.CS(=O)(=O)O. The van der Waals surface area contributed by atoms with Crippen LogP contribution in [-0.2, 0) is 23.1 Å². The molecule has 0 saturated heterocycles. The zero-order valence-corrected chi connectivity index (χ0v) is 19.4. The number of hydrogen-bond donors (Lipinski definition) is 3. The van der Waals surface area contributed by atoms with Crippen LogP contribution in [0, 0.1) is 26.6 Å². The number of halogens is 1. The highest BCUT2D eigenvalue weighted by Crippen LogP contribution is 2.27. The predicted molar refractivity (Wildman–Crippen MR) is 120 cm³/mol. The van der Waals surface area contributed by atoms with Crippen molar-refractivity contribution in [2.45, 2.75) is 40.7 Å². The Balaban J connectivity index is 0.000000654. The third-order valence-electron chi connectivity index (χ3n) is 4.76. The summed E-state index contributed by atoms with van der Waals surface area (Å²) in [5.41, 5.74) is 11.3. The highest BCUT2D eigenvalue weighted by atomic mass is 32.2. The highest BCUT2D eigenvalue weighted by molar-refractivity contribution is 7.85. The number of nitrogens with two attached hydrogens (primary N) is 1. The molecule has 2 heterocycles. The van der Waals surface area contributed by atoms with Crippen LogP contribution in [0.25, 0.3) is 5.65 Å². The minimum atomic E-state index is -3.67. The molecule has 0 unspecified atom stereocenters. The lowest BCUT2D eigenvalue weighted by Crippen LogP contribution is -2.17. The number of primary amides is 1. The highest BCUT2D eigenvalue weighted by Gasteiger charge is 2.14. The summed E-state index contributed by atoms with van der Waals surface area (Å²) in [5, 5.41) is 3.36. The number of imidazole rings is 1. The summed E-state index contributed by atoms with van der Waals surface area (Å²) < 4.78 is 46.5. The van der Waals surface area contributed by atoms with Gasteiger partial charge in [0.05, 0.1) is 23.8 Å². The van der Waals surface area contributed by atoms with Crippen LogP contribution >= 0.6 is 0 Å². The van der Waals surface area contributed by atoms with Crippen LogP contribution in [0.1, 0.15) is 35.0 Å². The first-order chi connectivity index (χ1) is 14.8. The van der Waals surface area contributed by atoms with Crippen molar-refractivity contribution in [1.29, 1.82) is 0 Å². The Hall–Kier alpha value is -3.18. The first-order valence-corrected chi connectivity index (χ1v) is 11.6. The minimum Gasteiger partial charge on any atom is -0.409 e. The van der Waals surface area contributed by atoms with Gasteiger partial charge in [-0.1, -0.05) is 6.92 Å². The molecule has 9 nitrogen and oxygen atoms in total. The first kappa shape index (κ1) is 25.1. The van der Waals surface area contributed by atoms with Gasteiger partial charge in [-0.05, 0) is 56.0 Å². The van der Waals surface area contributed by atoms with Crippen LogP contribution in [0.2, 0.25) is 0 Å². The van der Waals surface area contributed by atoms with E-state index in [0.29, 0.717) is 24.2 Å². The second-order valence-electron chi connectivity index (χ2n) is 7.29. The molecular weight excluding hydrogens is 439 g/mol. The van der Waals surface area contributed by atoms with Crippen molar-refractivity contribution in [2.24, 2.45) is 5.73 Å². The number of rotatable bonds is 5. The lowest BCUT2D eigenvalue weighted by molar-refractivity contribution is 0.210. The van der Waals surface area contributed by atoms with E-state index in [1.807, 2.05) is 32.1 Å². The van der Waals surface area contributed by atoms with Crippen LogP contribution < -0.4 is 15.8 Å². The maximum atomic E-state index is 13.7. The Morgan fingerprint density at radius 1 is 1.28 bits per heavy atom. The normalized spacial score (nSPS) is 11.1. The molecule has 0 fully saturated rings. The number of anilines is 1. The standard InChI is InChI=1S/C20H23FN4O2.CH4O3S/c1-5-14-7-15(21)6-11(2)17(14)9-23-18-8-16(27-20(22)26)10-25-13(4)12(3)24-19(18)25;1-5(2,3)4/h6-8,10,23H,5,9H2,1-4H3,(H2,22,26);1H3,(H,2,3,4). The zero-order valence-electron chi connectivity index (χ0n) is 18.6. The van der Waals surface area contributed by atoms with Gasteiger partial charge in [-0.3, -0.25) is 8.95 Å². The number of nitrogens with one attached hydrogen (secondary N) is 1. The third-order valence-corrected chi connectivity index (χ3v) is 4.76. The predicted octanol–water partition coefficient (Wildman–Crippen LogP) is 3.53. The van der Waals surface area contributed by atoms with Crippen molar-refractivity contribution in [3.63, 3.8) is 0 Å². The van der Waals surface area contributed by atoms with Crippen LogP contribution in [0.15, 0.2) is 24.4 Å². The molecule has 0 aliphatic rings. The molecule has 0 spiro atoms. The average Bonchev–Trinajstić information content (AvgIpc) is 2.93. The van der Waals surface area contributed by atoms with Crippen LogP contribution in [0.3, 0.4) is 0 Å². The Morgan fingerprint density at radius 2 is 1.91 bits per heavy atom. The average molecular weight is 467 g/mol. The number of ether oxygens (including phenoxy) is 1. The number of aromatic nitrogens is 2. The van der Waals surface area contributed by atoms with Crippen molar-refractivity contribution in [3.8, 4) is 5.75 Å². The molecule has 0 radical (unpaired) electrons. The second kappa shape index (κ2) is 9.96. The van der Waals surface area contributed by atoms with Crippen LogP contribution in [0.5, 0.6) is 5.75 Å². The lowest BCUT2D eigenvalue weighted by Gasteiger charge is -2.15. The van der Waals surface area contributed by atoms with E-state index in [-0.39, 0.29) is 5.82 Å². The monoisotopic (exact) mass is 466 g/mol. The summed E-state index contributed by atoms with van der Waals surface area (Å²) >= 11 is 0. The van der Waals surface area contributed by atoms with Gasteiger partial charge in [0.1, 0.15) is 5.82 Å². The molecule has 32 heavy (non-hydrogen) atoms. The largest absolute Gasteiger partial charge is 0.410 e. The van der Waals surface area contributed by atoms with E-state index < -0.39 is 16.2 Å². The molecule has 0 aliphatic carbocycles. The number of hydrogen-bond acceptors (Lipinski definition) is 6. The van der Waals surface area contributed by atoms with Crippen LogP contribution in [0.4, 0.5) is 14.9 Å². The molecule has 0 saturated carbocycles. The molecular formula is C21H27FN4O5S. The topological polar surface area (TPSA) is 136 Å². The van der Waals surface area contributed by atoms with Crippen molar-refractivity contribution in [1.82, 2.24) is 9.38 Å². The molecule has 1 amide bonds. The number of carbonyl (C=O) groups is 1. The number of carbonyl (C=O) groups excluding carboxylic acids is 1. The lowest BCUT2D eigenvalue weighted by atomic mass is 9.99. The summed E-state index contributed by atoms with van der Waals surface area (Å²) in [6.07, 6.45) is 2.25.